The third-order valence-corrected chi connectivity index (χ3v) is 4.21. The lowest BCUT2D eigenvalue weighted by molar-refractivity contribution is 0.261. The van der Waals surface area contributed by atoms with Crippen LogP contribution in [0.1, 0.15) is 36.5 Å². The lowest BCUT2D eigenvalue weighted by atomic mass is 9.93. The standard InChI is InChI=1S/C20H23FN2O/c1-3-4-5-17(16-8-7-15(21)10-13(16)2)14-6-9-19-18(11-14)23-20(12-22)24-19/h5-11,20,23H,3-4,12,22H2,1-2H3/b17-5-. The fourth-order valence-corrected chi connectivity index (χ4v) is 2.98. The Morgan fingerprint density at radius 2 is 2.12 bits per heavy atom. The van der Waals surface area contributed by atoms with E-state index in [0.29, 0.717) is 6.54 Å². The van der Waals surface area contributed by atoms with Crippen LogP contribution in [0.15, 0.2) is 42.5 Å². The van der Waals surface area contributed by atoms with Crippen LogP contribution in [-0.4, -0.2) is 12.8 Å². The Bertz CT molecular complexity index is 770. The van der Waals surface area contributed by atoms with Crippen molar-refractivity contribution in [2.75, 3.05) is 11.9 Å². The zero-order valence-corrected chi connectivity index (χ0v) is 14.1. The molecule has 0 spiro atoms. The number of allylic oxidation sites excluding steroid dienone is 1. The summed E-state index contributed by atoms with van der Waals surface area (Å²) < 4.78 is 19.2. The number of anilines is 1. The number of ether oxygens (including phenoxy) is 1. The summed E-state index contributed by atoms with van der Waals surface area (Å²) in [5.74, 6) is 0.612. The first-order chi connectivity index (χ1) is 11.6. The Morgan fingerprint density at radius 1 is 1.29 bits per heavy atom. The Balaban J connectivity index is 2.02. The van der Waals surface area contributed by atoms with E-state index in [2.05, 4.69) is 24.4 Å². The monoisotopic (exact) mass is 326 g/mol. The van der Waals surface area contributed by atoms with E-state index in [9.17, 15) is 4.39 Å². The Labute approximate surface area is 142 Å². The second kappa shape index (κ2) is 7.05. The van der Waals surface area contributed by atoms with Gasteiger partial charge in [-0.2, -0.15) is 0 Å². The van der Waals surface area contributed by atoms with Crippen LogP contribution in [0.3, 0.4) is 0 Å². The zero-order valence-electron chi connectivity index (χ0n) is 14.1. The lowest BCUT2D eigenvalue weighted by Crippen LogP contribution is -2.29. The number of benzene rings is 2. The zero-order chi connectivity index (χ0) is 17.1. The average molecular weight is 326 g/mol. The maximum absolute atomic E-state index is 13.5. The highest BCUT2D eigenvalue weighted by atomic mass is 19.1. The molecule has 1 aliphatic rings. The molecular weight excluding hydrogens is 303 g/mol. The molecule has 1 unspecified atom stereocenters. The number of hydrogen-bond acceptors (Lipinski definition) is 3. The largest absolute Gasteiger partial charge is 0.467 e. The van der Waals surface area contributed by atoms with Gasteiger partial charge in [-0.15, -0.1) is 0 Å². The fourth-order valence-electron chi connectivity index (χ4n) is 2.98. The van der Waals surface area contributed by atoms with Crippen LogP contribution in [0.2, 0.25) is 0 Å². The third-order valence-electron chi connectivity index (χ3n) is 4.21. The van der Waals surface area contributed by atoms with Gasteiger partial charge in [-0.3, -0.25) is 0 Å². The smallest absolute Gasteiger partial charge is 0.182 e. The molecule has 4 heteroatoms. The number of halogens is 1. The van der Waals surface area contributed by atoms with E-state index in [1.165, 1.54) is 6.07 Å². The van der Waals surface area contributed by atoms with E-state index in [4.69, 9.17) is 10.5 Å². The summed E-state index contributed by atoms with van der Waals surface area (Å²) in [4.78, 5) is 0. The molecule has 0 radical (unpaired) electrons. The molecule has 2 aromatic rings. The molecule has 1 heterocycles. The van der Waals surface area contributed by atoms with Gasteiger partial charge in [-0.1, -0.05) is 31.6 Å². The molecule has 126 valence electrons. The summed E-state index contributed by atoms with van der Waals surface area (Å²) in [6.45, 7) is 4.51. The Hall–Kier alpha value is -2.33. The quantitative estimate of drug-likeness (QED) is 0.853. The summed E-state index contributed by atoms with van der Waals surface area (Å²) in [6.07, 6.45) is 4.08. The molecular formula is C20H23FN2O. The van der Waals surface area contributed by atoms with Crippen LogP contribution >= 0.6 is 0 Å². The van der Waals surface area contributed by atoms with Gasteiger partial charge in [0, 0.05) is 6.54 Å². The first-order valence-electron chi connectivity index (χ1n) is 8.36. The highest BCUT2D eigenvalue weighted by Gasteiger charge is 2.21. The number of aryl methyl sites for hydroxylation is 1. The Morgan fingerprint density at radius 3 is 2.83 bits per heavy atom. The van der Waals surface area contributed by atoms with Crippen LogP contribution in [0.25, 0.3) is 5.57 Å². The van der Waals surface area contributed by atoms with Gasteiger partial charge in [-0.05, 0) is 59.9 Å². The minimum absolute atomic E-state index is 0.175. The Kier molecular flexibility index (Phi) is 4.86. The van der Waals surface area contributed by atoms with E-state index in [0.717, 1.165) is 46.5 Å². The fraction of sp³-hybridized carbons (Fsp3) is 0.300. The van der Waals surface area contributed by atoms with Crippen molar-refractivity contribution >= 4 is 11.3 Å². The highest BCUT2D eigenvalue weighted by Crippen LogP contribution is 2.36. The van der Waals surface area contributed by atoms with Crippen molar-refractivity contribution in [2.45, 2.75) is 32.9 Å². The number of fused-ring (bicyclic) bond motifs is 1. The molecule has 1 aliphatic heterocycles. The minimum Gasteiger partial charge on any atom is -0.467 e. The van der Waals surface area contributed by atoms with Crippen molar-refractivity contribution in [3.8, 4) is 5.75 Å². The first-order valence-corrected chi connectivity index (χ1v) is 8.36. The topological polar surface area (TPSA) is 47.3 Å². The van der Waals surface area contributed by atoms with Gasteiger partial charge >= 0.3 is 0 Å². The molecule has 1 atom stereocenters. The average Bonchev–Trinajstić information content (AvgIpc) is 2.99. The van der Waals surface area contributed by atoms with Crippen LogP contribution < -0.4 is 15.8 Å². The van der Waals surface area contributed by atoms with Gasteiger partial charge in [0.1, 0.15) is 11.6 Å². The van der Waals surface area contributed by atoms with Crippen molar-refractivity contribution in [1.29, 1.82) is 0 Å². The summed E-state index contributed by atoms with van der Waals surface area (Å²) in [6, 6.07) is 11.0. The molecule has 3 nitrogen and oxygen atoms in total. The number of rotatable bonds is 5. The van der Waals surface area contributed by atoms with Gasteiger partial charge < -0.3 is 15.8 Å². The van der Waals surface area contributed by atoms with E-state index >= 15 is 0 Å². The molecule has 0 bridgehead atoms. The minimum atomic E-state index is -0.208. The predicted octanol–water partition coefficient (Wildman–Crippen LogP) is 4.46. The van der Waals surface area contributed by atoms with Crippen molar-refractivity contribution < 1.29 is 9.13 Å². The second-order valence-corrected chi connectivity index (χ2v) is 6.06. The van der Waals surface area contributed by atoms with Crippen LogP contribution in [0, 0.1) is 12.7 Å². The number of nitrogens with one attached hydrogen (secondary N) is 1. The normalized spacial score (nSPS) is 16.5. The molecule has 24 heavy (non-hydrogen) atoms. The van der Waals surface area contributed by atoms with E-state index in [-0.39, 0.29) is 12.0 Å². The van der Waals surface area contributed by atoms with Crippen LogP contribution in [-0.2, 0) is 0 Å². The highest BCUT2D eigenvalue weighted by molar-refractivity contribution is 5.83. The number of hydrogen-bond donors (Lipinski definition) is 2. The summed E-state index contributed by atoms with van der Waals surface area (Å²) in [5.41, 5.74) is 10.8. The molecule has 3 rings (SSSR count). The van der Waals surface area contributed by atoms with Gasteiger partial charge in [0.2, 0.25) is 0 Å². The number of nitrogens with two attached hydrogens (primary N) is 1. The van der Waals surface area contributed by atoms with E-state index in [1.54, 1.807) is 6.07 Å². The van der Waals surface area contributed by atoms with E-state index < -0.39 is 0 Å². The molecule has 0 amide bonds. The van der Waals surface area contributed by atoms with Crippen molar-refractivity contribution in [3.63, 3.8) is 0 Å². The molecule has 0 aliphatic carbocycles. The van der Waals surface area contributed by atoms with Crippen molar-refractivity contribution in [3.05, 3.63) is 65.0 Å². The van der Waals surface area contributed by atoms with Crippen molar-refractivity contribution in [2.24, 2.45) is 5.73 Å². The second-order valence-electron chi connectivity index (χ2n) is 6.06. The van der Waals surface area contributed by atoms with Gasteiger partial charge in [0.05, 0.1) is 5.69 Å². The van der Waals surface area contributed by atoms with Gasteiger partial charge in [-0.25, -0.2) is 4.39 Å². The van der Waals surface area contributed by atoms with Gasteiger partial charge in [0.25, 0.3) is 0 Å². The predicted molar refractivity (Wildman–Crippen MR) is 96.7 cm³/mol. The molecule has 3 N–H and O–H groups in total. The maximum atomic E-state index is 13.5. The van der Waals surface area contributed by atoms with E-state index in [1.807, 2.05) is 25.1 Å². The molecule has 0 aromatic heterocycles. The van der Waals surface area contributed by atoms with Gasteiger partial charge in [0.15, 0.2) is 6.23 Å². The maximum Gasteiger partial charge on any atom is 0.182 e. The molecule has 2 aromatic carbocycles. The molecule has 0 fully saturated rings. The first kappa shape index (κ1) is 16.5. The molecule has 0 saturated carbocycles. The third kappa shape index (κ3) is 3.29. The summed E-state index contributed by atoms with van der Waals surface area (Å²) >= 11 is 0. The SMILES string of the molecule is CCC/C=C(/c1ccc2c(c1)NC(CN)O2)c1ccc(F)cc1C. The molecule has 0 saturated heterocycles. The van der Waals surface area contributed by atoms with Crippen LogP contribution in [0.4, 0.5) is 10.1 Å². The summed E-state index contributed by atoms with van der Waals surface area (Å²) in [5, 5.41) is 3.28. The van der Waals surface area contributed by atoms with Crippen LogP contribution in [0.5, 0.6) is 5.75 Å². The van der Waals surface area contributed by atoms with Crippen molar-refractivity contribution in [1.82, 2.24) is 0 Å². The lowest BCUT2D eigenvalue weighted by Gasteiger charge is -2.13. The summed E-state index contributed by atoms with van der Waals surface area (Å²) in [7, 11) is 0. The number of unbranched alkanes of at least 4 members (excludes halogenated alkanes) is 1.